The normalized spacial score (nSPS) is 11.9. The summed E-state index contributed by atoms with van der Waals surface area (Å²) in [5.41, 5.74) is 0. The van der Waals surface area contributed by atoms with Gasteiger partial charge in [-0.15, -0.1) is 0 Å². The van der Waals surface area contributed by atoms with E-state index in [9.17, 15) is 3.67 Å². The molecule has 0 heterocycles. The van der Waals surface area contributed by atoms with Crippen LogP contribution >= 0.6 is 0 Å². The van der Waals surface area contributed by atoms with Crippen LogP contribution in [0.25, 0.3) is 0 Å². The van der Waals surface area contributed by atoms with E-state index in [0.29, 0.717) is 0 Å². The second-order valence-corrected chi connectivity index (χ2v) is 8.27. The Bertz CT molecular complexity index is 79.7. The van der Waals surface area contributed by atoms with Crippen LogP contribution in [0.2, 0.25) is 15.4 Å². The summed E-state index contributed by atoms with van der Waals surface area (Å²) in [5, 5.41) is 2.81. The van der Waals surface area contributed by atoms with E-state index >= 15 is 0 Å². The predicted octanol–water partition coefficient (Wildman–Crippen LogP) is 2.80. The zero-order valence-electron chi connectivity index (χ0n) is 5.98. The molecule has 0 rings (SSSR count). The van der Waals surface area contributed by atoms with Gasteiger partial charge in [0.05, 0.1) is 0 Å². The van der Waals surface area contributed by atoms with Crippen LogP contribution in [0, 0.1) is 0 Å². The van der Waals surface area contributed by atoms with E-state index in [1.54, 1.807) is 0 Å². The molecular weight excluding hydrogens is 139 g/mol. The first-order valence-electron chi connectivity index (χ1n) is 3.25. The Morgan fingerprint density at radius 2 is 1.25 bits per heavy atom. The van der Waals surface area contributed by atoms with Gasteiger partial charge in [-0.1, -0.05) is 0 Å². The second-order valence-electron chi connectivity index (χ2n) is 2.01. The van der Waals surface area contributed by atoms with Gasteiger partial charge in [0.2, 0.25) is 0 Å². The van der Waals surface area contributed by atoms with Crippen molar-refractivity contribution in [2.45, 2.75) is 36.2 Å². The molecule has 0 saturated heterocycles. The van der Waals surface area contributed by atoms with Crippen LogP contribution in [-0.2, 0) is 17.7 Å². The first kappa shape index (κ1) is 8.38. The monoisotopic (exact) mass is 154 g/mol. The molecule has 0 bridgehead atoms. The van der Waals surface area contributed by atoms with Gasteiger partial charge in [-0.3, -0.25) is 0 Å². The topological polar surface area (TPSA) is 17.1 Å². The van der Waals surface area contributed by atoms with E-state index in [0.717, 1.165) is 15.4 Å². The maximum atomic E-state index is 11.4. The molecule has 0 N–H and O–H groups in total. The molecule has 0 aromatic heterocycles. The molecule has 0 unspecified atom stereocenters. The molecule has 0 radical (unpaired) electrons. The van der Waals surface area contributed by atoms with Gasteiger partial charge >= 0.3 is 53.8 Å². The Hall–Kier alpha value is 0.384. The summed E-state index contributed by atoms with van der Waals surface area (Å²) in [6.07, 6.45) is 0. The number of hydrogen-bond acceptors (Lipinski definition) is 1. The zero-order chi connectivity index (χ0) is 6.62. The third-order valence-electron chi connectivity index (χ3n) is 1.73. The van der Waals surface area contributed by atoms with Gasteiger partial charge in [-0.2, -0.15) is 0 Å². The summed E-state index contributed by atoms with van der Waals surface area (Å²) in [7, 11) is 0. The molecule has 2 heteroatoms. The van der Waals surface area contributed by atoms with Gasteiger partial charge in [0.1, 0.15) is 0 Å². The first-order valence-corrected chi connectivity index (χ1v) is 6.79. The average molecular weight is 154 g/mol. The minimum absolute atomic E-state index is 0.936. The molecule has 8 heavy (non-hydrogen) atoms. The third-order valence-corrected chi connectivity index (χ3v) is 7.13. The van der Waals surface area contributed by atoms with Gasteiger partial charge in [0.25, 0.3) is 0 Å². The molecule has 0 amide bonds. The molecule has 0 fully saturated rings. The molecule has 0 atom stereocenters. The van der Waals surface area contributed by atoms with E-state index in [1.165, 1.54) is 0 Å². The summed E-state index contributed by atoms with van der Waals surface area (Å²) >= 11 is -2.23. The Morgan fingerprint density at radius 3 is 1.25 bits per heavy atom. The van der Waals surface area contributed by atoms with Crippen LogP contribution in [0.4, 0.5) is 0 Å². The van der Waals surface area contributed by atoms with E-state index < -0.39 is 14.0 Å². The summed E-state index contributed by atoms with van der Waals surface area (Å²) in [6, 6.07) is 0. The minimum atomic E-state index is -2.23. The van der Waals surface area contributed by atoms with Crippen molar-refractivity contribution in [3.05, 3.63) is 0 Å². The van der Waals surface area contributed by atoms with Crippen LogP contribution in [0.3, 0.4) is 0 Å². The fourth-order valence-corrected chi connectivity index (χ4v) is 2.77. The van der Waals surface area contributed by atoms with E-state index in [2.05, 4.69) is 0 Å². The summed E-state index contributed by atoms with van der Waals surface area (Å²) in [6.45, 7) is 6.10. The molecule has 0 saturated carbocycles. The van der Waals surface area contributed by atoms with Gasteiger partial charge in [-0.25, -0.2) is 0 Å². The van der Waals surface area contributed by atoms with Crippen LogP contribution in [-0.4, -0.2) is 0 Å². The average Bonchev–Trinajstić information content (AvgIpc) is 1.87. The fourth-order valence-electron chi connectivity index (χ4n) is 0.671. The molecule has 0 aromatic carbocycles. The fraction of sp³-hybridized carbons (Fsp3) is 1.00. The summed E-state index contributed by atoms with van der Waals surface area (Å²) in [4.78, 5) is 0. The molecule has 0 aliphatic heterocycles. The van der Waals surface area contributed by atoms with Crippen molar-refractivity contribution in [3.63, 3.8) is 0 Å². The van der Waals surface area contributed by atoms with Gasteiger partial charge in [0, 0.05) is 0 Å². The van der Waals surface area contributed by atoms with Gasteiger partial charge in [0.15, 0.2) is 0 Å². The van der Waals surface area contributed by atoms with E-state index in [4.69, 9.17) is 0 Å². The Kier molecular flexibility index (Phi) is 3.58. The SMILES string of the molecule is C[CH2][V](=[O])([CH2]C)[CH2]C. The van der Waals surface area contributed by atoms with Crippen LogP contribution in [0.1, 0.15) is 20.8 Å². The van der Waals surface area contributed by atoms with E-state index in [1.807, 2.05) is 20.8 Å². The summed E-state index contributed by atoms with van der Waals surface area (Å²) in [5.74, 6) is 0. The van der Waals surface area contributed by atoms with Crippen molar-refractivity contribution in [1.82, 2.24) is 0 Å². The van der Waals surface area contributed by atoms with Crippen molar-refractivity contribution < 1.29 is 17.7 Å². The molecule has 0 spiro atoms. The molecule has 0 aliphatic carbocycles. The molecule has 0 aliphatic rings. The first-order chi connectivity index (χ1) is 3.68. The standard InChI is InChI=1S/3C2H5.O.V/c3*1-2;;/h3*1H2,2H3;;. The van der Waals surface area contributed by atoms with Crippen molar-refractivity contribution in [2.75, 3.05) is 0 Å². The predicted molar refractivity (Wildman–Crippen MR) is 32.1 cm³/mol. The maximum absolute atomic E-state index is 11.4. The van der Waals surface area contributed by atoms with Crippen molar-refractivity contribution >= 4 is 0 Å². The zero-order valence-corrected chi connectivity index (χ0v) is 7.37. The Balaban J connectivity index is 3.79. The van der Waals surface area contributed by atoms with Crippen LogP contribution in [0.5, 0.6) is 0 Å². The van der Waals surface area contributed by atoms with Crippen LogP contribution in [0.15, 0.2) is 0 Å². The third kappa shape index (κ3) is 2.10. The second kappa shape index (κ2) is 3.42. The van der Waals surface area contributed by atoms with Crippen molar-refractivity contribution in [2.24, 2.45) is 0 Å². The Labute approximate surface area is 54.3 Å². The van der Waals surface area contributed by atoms with Crippen molar-refractivity contribution in [1.29, 1.82) is 0 Å². The van der Waals surface area contributed by atoms with Crippen LogP contribution < -0.4 is 0 Å². The van der Waals surface area contributed by atoms with E-state index in [-0.39, 0.29) is 0 Å². The molecule has 1 nitrogen and oxygen atoms in total. The molecule has 50 valence electrons. The van der Waals surface area contributed by atoms with Gasteiger partial charge < -0.3 is 0 Å². The summed E-state index contributed by atoms with van der Waals surface area (Å²) < 4.78 is 11.4. The quantitative estimate of drug-likeness (QED) is 0.610. The molecular formula is C6H15OV. The number of hydrogen-bond donors (Lipinski definition) is 0. The van der Waals surface area contributed by atoms with Crippen molar-refractivity contribution in [3.8, 4) is 0 Å². The molecule has 0 aromatic rings. The Morgan fingerprint density at radius 1 is 1.00 bits per heavy atom. The van der Waals surface area contributed by atoms with Gasteiger partial charge in [-0.05, 0) is 0 Å². The number of rotatable bonds is 3.